The minimum absolute atomic E-state index is 0.00630. The molecule has 6 heteroatoms. The number of thiazole rings is 1. The van der Waals surface area contributed by atoms with Crippen molar-refractivity contribution in [1.29, 1.82) is 0 Å². The molecule has 0 bridgehead atoms. The minimum atomic E-state index is -0.152. The van der Waals surface area contributed by atoms with Crippen LogP contribution in [0.3, 0.4) is 0 Å². The van der Waals surface area contributed by atoms with E-state index in [0.717, 1.165) is 27.7 Å². The second-order valence-corrected chi connectivity index (χ2v) is 7.87. The molecule has 1 aromatic heterocycles. The molecule has 1 heterocycles. The van der Waals surface area contributed by atoms with Crippen LogP contribution in [0.15, 0.2) is 60.0 Å². The van der Waals surface area contributed by atoms with E-state index >= 15 is 0 Å². The predicted molar refractivity (Wildman–Crippen MR) is 110 cm³/mol. The number of carbonyl (C=O) groups excluding carboxylic acids is 1. The molecular formula is C20H20N2O2S2. The van der Waals surface area contributed by atoms with E-state index in [1.165, 1.54) is 0 Å². The second-order valence-electron chi connectivity index (χ2n) is 5.68. The zero-order chi connectivity index (χ0) is 18.4. The van der Waals surface area contributed by atoms with Crippen LogP contribution < -0.4 is 10.1 Å². The second kappa shape index (κ2) is 8.87. The first-order valence-corrected chi connectivity index (χ1v) is 10.1. The Bertz CT molecular complexity index is 848. The molecule has 3 rings (SSSR count). The number of nitrogens with one attached hydrogen (secondary N) is 1. The van der Waals surface area contributed by atoms with E-state index in [0.29, 0.717) is 5.75 Å². The average Bonchev–Trinajstić information content (AvgIpc) is 3.16. The number of ether oxygens (including phenoxy) is 1. The molecule has 0 aliphatic heterocycles. The number of hydrogen-bond acceptors (Lipinski definition) is 5. The van der Waals surface area contributed by atoms with Crippen molar-refractivity contribution in [3.8, 4) is 16.3 Å². The lowest BCUT2D eigenvalue weighted by Gasteiger charge is -2.11. The molecule has 0 aliphatic carbocycles. The van der Waals surface area contributed by atoms with Crippen LogP contribution in [0, 0.1) is 0 Å². The zero-order valence-electron chi connectivity index (χ0n) is 14.6. The molecule has 3 aromatic rings. The van der Waals surface area contributed by atoms with Crippen molar-refractivity contribution in [2.24, 2.45) is 0 Å². The van der Waals surface area contributed by atoms with Crippen LogP contribution in [0.4, 0.5) is 5.69 Å². The topological polar surface area (TPSA) is 51.2 Å². The first-order valence-electron chi connectivity index (χ1n) is 8.22. The molecule has 0 saturated carbocycles. The SMILES string of the molecule is COc1ccc(-c2nc(CSC(C)C(=O)Nc3ccccc3)cs2)cc1. The summed E-state index contributed by atoms with van der Waals surface area (Å²) in [5, 5.41) is 5.81. The standard InChI is InChI=1S/C20H20N2O2S2/c1-14(19(23)21-16-6-4-3-5-7-16)25-12-17-13-26-20(22-17)15-8-10-18(24-2)11-9-15/h3-11,13-14H,12H2,1-2H3,(H,21,23). The van der Waals surface area contributed by atoms with E-state index in [1.807, 2.05) is 66.9 Å². The monoisotopic (exact) mass is 384 g/mol. The smallest absolute Gasteiger partial charge is 0.237 e. The van der Waals surface area contributed by atoms with Crippen LogP contribution >= 0.6 is 23.1 Å². The number of aromatic nitrogens is 1. The molecule has 26 heavy (non-hydrogen) atoms. The Morgan fingerprint density at radius 3 is 2.62 bits per heavy atom. The summed E-state index contributed by atoms with van der Waals surface area (Å²) in [6, 6.07) is 17.4. The largest absolute Gasteiger partial charge is 0.497 e. The number of hydrogen-bond donors (Lipinski definition) is 1. The fraction of sp³-hybridized carbons (Fsp3) is 0.200. The van der Waals surface area contributed by atoms with Crippen molar-refractivity contribution in [3.05, 3.63) is 65.7 Å². The zero-order valence-corrected chi connectivity index (χ0v) is 16.3. The molecule has 134 valence electrons. The number of anilines is 1. The number of rotatable bonds is 7. The van der Waals surface area contributed by atoms with Crippen LogP contribution in [-0.2, 0) is 10.5 Å². The predicted octanol–water partition coefficient (Wildman–Crippen LogP) is 5.08. The highest BCUT2D eigenvalue weighted by Gasteiger charge is 2.15. The van der Waals surface area contributed by atoms with Gasteiger partial charge in [-0.1, -0.05) is 18.2 Å². The molecule has 0 spiro atoms. The Kier molecular flexibility index (Phi) is 6.30. The minimum Gasteiger partial charge on any atom is -0.497 e. The van der Waals surface area contributed by atoms with Crippen LogP contribution in [0.1, 0.15) is 12.6 Å². The van der Waals surface area contributed by atoms with Gasteiger partial charge in [0.15, 0.2) is 0 Å². The molecule has 0 aliphatic rings. The molecule has 4 nitrogen and oxygen atoms in total. The van der Waals surface area contributed by atoms with Crippen molar-refractivity contribution < 1.29 is 9.53 Å². The van der Waals surface area contributed by atoms with Gasteiger partial charge in [0.2, 0.25) is 5.91 Å². The van der Waals surface area contributed by atoms with Crippen LogP contribution in [0.25, 0.3) is 10.6 Å². The van der Waals surface area contributed by atoms with Gasteiger partial charge in [-0.3, -0.25) is 4.79 Å². The van der Waals surface area contributed by atoms with Gasteiger partial charge >= 0.3 is 0 Å². The van der Waals surface area contributed by atoms with Gasteiger partial charge in [0.25, 0.3) is 0 Å². The third kappa shape index (κ3) is 4.86. The number of methoxy groups -OCH3 is 1. The van der Waals surface area contributed by atoms with Gasteiger partial charge < -0.3 is 10.1 Å². The molecular weight excluding hydrogens is 364 g/mol. The van der Waals surface area contributed by atoms with Gasteiger partial charge in [-0.2, -0.15) is 0 Å². The average molecular weight is 385 g/mol. The first-order chi connectivity index (χ1) is 12.7. The van der Waals surface area contributed by atoms with Crippen molar-refractivity contribution >= 4 is 34.7 Å². The maximum atomic E-state index is 12.3. The summed E-state index contributed by atoms with van der Waals surface area (Å²) in [5.41, 5.74) is 2.88. The molecule has 0 radical (unpaired) electrons. The summed E-state index contributed by atoms with van der Waals surface area (Å²) >= 11 is 3.20. The highest BCUT2D eigenvalue weighted by Crippen LogP contribution is 2.28. The maximum Gasteiger partial charge on any atom is 0.237 e. The Morgan fingerprint density at radius 2 is 1.92 bits per heavy atom. The Labute approximate surface area is 161 Å². The van der Waals surface area contributed by atoms with Crippen LogP contribution in [0.5, 0.6) is 5.75 Å². The maximum absolute atomic E-state index is 12.3. The fourth-order valence-corrected chi connectivity index (χ4v) is 4.00. The molecule has 0 fully saturated rings. The number of benzene rings is 2. The van der Waals surface area contributed by atoms with Gasteiger partial charge in [0, 0.05) is 22.4 Å². The van der Waals surface area contributed by atoms with E-state index in [1.54, 1.807) is 30.2 Å². The van der Waals surface area contributed by atoms with Gasteiger partial charge in [0.1, 0.15) is 10.8 Å². The Hall–Kier alpha value is -2.31. The van der Waals surface area contributed by atoms with Gasteiger partial charge in [0.05, 0.1) is 18.1 Å². The molecule has 2 aromatic carbocycles. The highest BCUT2D eigenvalue weighted by atomic mass is 32.2. The number of para-hydroxylation sites is 1. The van der Waals surface area contributed by atoms with E-state index in [4.69, 9.17) is 4.74 Å². The van der Waals surface area contributed by atoms with Gasteiger partial charge in [-0.25, -0.2) is 4.98 Å². The molecule has 1 amide bonds. The number of nitrogens with zero attached hydrogens (tertiary/aromatic N) is 1. The van der Waals surface area contributed by atoms with E-state index in [9.17, 15) is 4.79 Å². The summed E-state index contributed by atoms with van der Waals surface area (Å²) in [5.74, 6) is 1.54. The lowest BCUT2D eigenvalue weighted by molar-refractivity contribution is -0.115. The van der Waals surface area contributed by atoms with Crippen molar-refractivity contribution in [2.45, 2.75) is 17.9 Å². The summed E-state index contributed by atoms with van der Waals surface area (Å²) in [4.78, 5) is 16.9. The number of carbonyl (C=O) groups is 1. The molecule has 0 saturated heterocycles. The van der Waals surface area contributed by atoms with Crippen molar-refractivity contribution in [1.82, 2.24) is 4.98 Å². The number of amides is 1. The summed E-state index contributed by atoms with van der Waals surface area (Å²) in [6.45, 7) is 1.92. The van der Waals surface area contributed by atoms with Crippen LogP contribution in [0.2, 0.25) is 0 Å². The Morgan fingerprint density at radius 1 is 1.19 bits per heavy atom. The molecule has 1 atom stereocenters. The van der Waals surface area contributed by atoms with E-state index in [-0.39, 0.29) is 11.2 Å². The number of thioether (sulfide) groups is 1. The normalized spacial score (nSPS) is 11.8. The fourth-order valence-electron chi connectivity index (χ4n) is 2.29. The van der Waals surface area contributed by atoms with Gasteiger partial charge in [-0.05, 0) is 43.3 Å². The molecule has 1 unspecified atom stereocenters. The quantitative estimate of drug-likeness (QED) is 0.617. The van der Waals surface area contributed by atoms with Crippen molar-refractivity contribution in [3.63, 3.8) is 0 Å². The summed E-state index contributed by atoms with van der Waals surface area (Å²) in [6.07, 6.45) is 0. The summed E-state index contributed by atoms with van der Waals surface area (Å²) < 4.78 is 5.18. The third-order valence-corrected chi connectivity index (χ3v) is 5.90. The van der Waals surface area contributed by atoms with Crippen LogP contribution in [-0.4, -0.2) is 23.3 Å². The third-order valence-electron chi connectivity index (χ3n) is 3.78. The van der Waals surface area contributed by atoms with Gasteiger partial charge in [-0.15, -0.1) is 23.1 Å². The van der Waals surface area contributed by atoms with Crippen molar-refractivity contribution in [2.75, 3.05) is 12.4 Å². The first kappa shape index (κ1) is 18.5. The van der Waals surface area contributed by atoms with E-state index < -0.39 is 0 Å². The van der Waals surface area contributed by atoms with E-state index in [2.05, 4.69) is 10.3 Å². The lowest BCUT2D eigenvalue weighted by atomic mass is 10.2. The highest BCUT2D eigenvalue weighted by molar-refractivity contribution is 7.99. The lowest BCUT2D eigenvalue weighted by Crippen LogP contribution is -2.22. The molecule has 1 N–H and O–H groups in total. The Balaban J connectivity index is 1.54. The summed E-state index contributed by atoms with van der Waals surface area (Å²) in [7, 11) is 1.66.